The molecule has 1 aliphatic heterocycles. The number of aryl methyl sites for hydroxylation is 1. The number of β-amino-alcohol motifs (C(OH)–C–C–N with tert-alkyl or cyclic N) is 1. The molecule has 2 aliphatic rings. The van der Waals surface area contributed by atoms with E-state index in [-0.39, 0.29) is 32.4 Å². The summed E-state index contributed by atoms with van der Waals surface area (Å²) in [6.07, 6.45) is 6.22. The first-order chi connectivity index (χ1) is 21.8. The van der Waals surface area contributed by atoms with Gasteiger partial charge in [-0.05, 0) is 49.7 Å². The summed E-state index contributed by atoms with van der Waals surface area (Å²) in [6.45, 7) is 7.98. The minimum absolute atomic E-state index is 0.0481. The van der Waals surface area contributed by atoms with Gasteiger partial charge in [-0.25, -0.2) is 9.37 Å². The van der Waals surface area contributed by atoms with Gasteiger partial charge in [0.1, 0.15) is 17.8 Å². The normalized spacial score (nSPS) is 19.5. The predicted molar refractivity (Wildman–Crippen MR) is 182 cm³/mol. The van der Waals surface area contributed by atoms with E-state index >= 15 is 0 Å². The highest BCUT2D eigenvalue weighted by Crippen LogP contribution is 2.40. The molecule has 0 spiro atoms. The van der Waals surface area contributed by atoms with Gasteiger partial charge in [-0.15, -0.1) is 11.3 Å². The molecule has 1 saturated carbocycles. The summed E-state index contributed by atoms with van der Waals surface area (Å²) in [5, 5.41) is 17.1. The second-order valence-corrected chi connectivity index (χ2v) is 15.2. The minimum Gasteiger partial charge on any atom is -0.493 e. The maximum Gasteiger partial charge on any atom is 0.258 e. The molecule has 0 radical (unpaired) electrons. The molecule has 3 amide bonds. The van der Waals surface area contributed by atoms with Crippen molar-refractivity contribution in [2.24, 2.45) is 5.41 Å². The molecule has 254 valence electrons. The standard InChI is InChI=1S/C34H48BrFN4O5S/c1-22-28(46-21-38-22)23-11-12-24(27(17-23)45-16-10-8-6-5-7-9-15-35)19-37-30(42)26-18-25(41)20-40(26)31(43)29(33(2,3)4)39-32(44)34(36)13-14-34/h11-12,17,21,25-26,29,41H,5-10,13-16,18-20H2,1-4H3,(H,37,42)(H,39,44)/t25-,26+,29?/m1/s1. The third-order valence-electron chi connectivity index (χ3n) is 8.66. The van der Waals surface area contributed by atoms with Gasteiger partial charge in [0.15, 0.2) is 5.67 Å². The van der Waals surface area contributed by atoms with E-state index in [0.717, 1.165) is 46.3 Å². The van der Waals surface area contributed by atoms with Crippen LogP contribution in [-0.4, -0.2) is 75.1 Å². The maximum atomic E-state index is 14.5. The lowest BCUT2D eigenvalue weighted by atomic mass is 9.85. The molecule has 3 N–H and O–H groups in total. The van der Waals surface area contributed by atoms with Crippen molar-refractivity contribution in [3.05, 3.63) is 35.0 Å². The largest absolute Gasteiger partial charge is 0.493 e. The number of nitrogens with zero attached hydrogens (tertiary/aromatic N) is 2. The number of alkyl halides is 2. The molecule has 4 rings (SSSR count). The summed E-state index contributed by atoms with van der Waals surface area (Å²) in [6, 6.07) is 3.93. The van der Waals surface area contributed by atoms with Crippen molar-refractivity contribution in [3.63, 3.8) is 0 Å². The van der Waals surface area contributed by atoms with Crippen molar-refractivity contribution in [3.8, 4) is 16.2 Å². The van der Waals surface area contributed by atoms with Crippen molar-refractivity contribution >= 4 is 45.0 Å². The molecule has 46 heavy (non-hydrogen) atoms. The Bertz CT molecular complexity index is 1360. The van der Waals surface area contributed by atoms with Crippen molar-refractivity contribution < 1.29 is 28.6 Å². The molecule has 1 aliphatic carbocycles. The molecule has 2 heterocycles. The summed E-state index contributed by atoms with van der Waals surface area (Å²) >= 11 is 5.04. The van der Waals surface area contributed by atoms with Crippen molar-refractivity contribution in [1.29, 1.82) is 0 Å². The number of nitrogens with one attached hydrogen (secondary N) is 2. The van der Waals surface area contributed by atoms with Gasteiger partial charge >= 0.3 is 0 Å². The first-order valence-electron chi connectivity index (χ1n) is 16.3. The van der Waals surface area contributed by atoms with Gasteiger partial charge in [-0.1, -0.05) is 74.5 Å². The van der Waals surface area contributed by atoms with Crippen LogP contribution in [0.1, 0.15) is 89.8 Å². The molecular weight excluding hydrogens is 675 g/mol. The number of benzene rings is 1. The Morgan fingerprint density at radius 1 is 1.17 bits per heavy atom. The average molecular weight is 724 g/mol. The van der Waals surface area contributed by atoms with Crippen LogP contribution in [0.15, 0.2) is 23.7 Å². The molecule has 9 nitrogen and oxygen atoms in total. The summed E-state index contributed by atoms with van der Waals surface area (Å²) < 4.78 is 20.8. The number of amides is 3. The third-order valence-corrected chi connectivity index (χ3v) is 10.2. The van der Waals surface area contributed by atoms with Crippen molar-refractivity contribution in [2.75, 3.05) is 18.5 Å². The van der Waals surface area contributed by atoms with E-state index < -0.39 is 47.0 Å². The number of aliphatic hydroxyl groups excluding tert-OH is 1. The lowest BCUT2D eigenvalue weighted by molar-refractivity contribution is -0.145. The van der Waals surface area contributed by atoms with Crippen LogP contribution in [0.25, 0.3) is 10.4 Å². The monoisotopic (exact) mass is 722 g/mol. The fourth-order valence-electron chi connectivity index (χ4n) is 5.66. The summed E-state index contributed by atoms with van der Waals surface area (Å²) in [4.78, 5) is 46.6. The number of carbonyl (C=O) groups is 3. The summed E-state index contributed by atoms with van der Waals surface area (Å²) in [5.41, 5.74) is 1.86. The van der Waals surface area contributed by atoms with Crippen LogP contribution < -0.4 is 15.4 Å². The van der Waals surface area contributed by atoms with Crippen LogP contribution in [0, 0.1) is 12.3 Å². The van der Waals surface area contributed by atoms with Crippen LogP contribution in [-0.2, 0) is 20.9 Å². The van der Waals surface area contributed by atoms with E-state index in [1.807, 2.05) is 30.6 Å². The van der Waals surface area contributed by atoms with Crippen molar-refractivity contribution in [1.82, 2.24) is 20.5 Å². The zero-order valence-corrected chi connectivity index (χ0v) is 29.8. The van der Waals surface area contributed by atoms with Crippen LogP contribution in [0.3, 0.4) is 0 Å². The van der Waals surface area contributed by atoms with E-state index in [2.05, 4.69) is 31.5 Å². The fraction of sp³-hybridized carbons (Fsp3) is 0.647. The molecule has 1 unspecified atom stereocenters. The van der Waals surface area contributed by atoms with Crippen LogP contribution in [0.4, 0.5) is 4.39 Å². The molecule has 12 heteroatoms. The van der Waals surface area contributed by atoms with E-state index in [1.165, 1.54) is 24.2 Å². The zero-order valence-electron chi connectivity index (χ0n) is 27.4. The third kappa shape index (κ3) is 9.50. The molecule has 1 saturated heterocycles. The highest BCUT2D eigenvalue weighted by Gasteiger charge is 2.53. The Balaban J connectivity index is 1.43. The molecular formula is C34H48BrFN4O5S. The zero-order chi connectivity index (χ0) is 33.5. The average Bonchev–Trinajstić information content (AvgIpc) is 3.42. The van der Waals surface area contributed by atoms with Gasteiger partial charge in [0.05, 0.1) is 28.8 Å². The smallest absolute Gasteiger partial charge is 0.258 e. The summed E-state index contributed by atoms with van der Waals surface area (Å²) in [7, 11) is 0. The number of carbonyl (C=O) groups excluding carboxylic acids is 3. The number of hydrogen-bond donors (Lipinski definition) is 3. The van der Waals surface area contributed by atoms with Gasteiger partial charge < -0.3 is 25.4 Å². The minimum atomic E-state index is -1.94. The number of aromatic nitrogens is 1. The Kier molecular flexibility index (Phi) is 12.6. The van der Waals surface area contributed by atoms with Gasteiger partial charge in [-0.3, -0.25) is 14.4 Å². The Labute approximate surface area is 284 Å². The summed E-state index contributed by atoms with van der Waals surface area (Å²) in [5.74, 6) is -1.05. The Morgan fingerprint density at radius 3 is 2.50 bits per heavy atom. The highest BCUT2D eigenvalue weighted by molar-refractivity contribution is 9.09. The van der Waals surface area contributed by atoms with Gasteiger partial charge in [0.25, 0.3) is 5.91 Å². The SMILES string of the molecule is Cc1ncsc1-c1ccc(CNC(=O)[C@@H]2C[C@@H](O)CN2C(=O)C(NC(=O)C2(F)CC2)C(C)(C)C)c(OCCCCCCCCBr)c1. The lowest BCUT2D eigenvalue weighted by Gasteiger charge is -2.35. The van der Waals surface area contributed by atoms with E-state index in [0.29, 0.717) is 12.4 Å². The van der Waals surface area contributed by atoms with Gasteiger partial charge in [0, 0.05) is 30.4 Å². The number of hydrogen-bond acceptors (Lipinski definition) is 7. The van der Waals surface area contributed by atoms with E-state index in [9.17, 15) is 23.9 Å². The topological polar surface area (TPSA) is 121 Å². The molecule has 2 aromatic rings. The van der Waals surface area contributed by atoms with E-state index in [4.69, 9.17) is 4.74 Å². The molecule has 1 aromatic carbocycles. The first-order valence-corrected chi connectivity index (χ1v) is 18.3. The maximum absolute atomic E-state index is 14.5. The Morgan fingerprint density at radius 2 is 1.87 bits per heavy atom. The number of unbranched alkanes of at least 4 members (excludes halogenated alkanes) is 5. The van der Waals surface area contributed by atoms with Crippen LogP contribution in [0.2, 0.25) is 0 Å². The Hall–Kier alpha value is -2.57. The highest BCUT2D eigenvalue weighted by atomic mass is 79.9. The number of rotatable bonds is 16. The quantitative estimate of drug-likeness (QED) is 0.148. The number of likely N-dealkylation sites (tertiary alicyclic amines) is 1. The number of halogens is 2. The van der Waals surface area contributed by atoms with E-state index in [1.54, 1.807) is 32.1 Å². The van der Waals surface area contributed by atoms with Gasteiger partial charge in [0.2, 0.25) is 11.8 Å². The second-order valence-electron chi connectivity index (χ2n) is 13.6. The van der Waals surface area contributed by atoms with Crippen molar-refractivity contribution in [2.45, 2.75) is 116 Å². The molecule has 3 atom stereocenters. The lowest BCUT2D eigenvalue weighted by Crippen LogP contribution is -2.59. The van der Waals surface area contributed by atoms with Gasteiger partial charge in [-0.2, -0.15) is 0 Å². The predicted octanol–water partition coefficient (Wildman–Crippen LogP) is 5.84. The van der Waals surface area contributed by atoms with Crippen LogP contribution in [0.5, 0.6) is 5.75 Å². The molecule has 2 fully saturated rings. The van der Waals surface area contributed by atoms with Crippen LogP contribution >= 0.6 is 27.3 Å². The second kappa shape index (κ2) is 16.0. The molecule has 1 aromatic heterocycles. The number of ether oxygens (including phenoxy) is 1. The fourth-order valence-corrected chi connectivity index (χ4v) is 6.86. The molecule has 0 bridgehead atoms. The first kappa shape index (κ1) is 36.3. The number of thiazole rings is 1. The number of aliphatic hydroxyl groups is 1.